The number of nitrogen functional groups attached to an aromatic ring is 1. The van der Waals surface area contributed by atoms with Gasteiger partial charge in [-0.15, -0.1) is 0 Å². The Kier molecular flexibility index (Phi) is 3.60. The third-order valence-electron chi connectivity index (χ3n) is 2.74. The number of hydrogen-bond acceptors (Lipinski definition) is 6. The SMILES string of the molecule is COC[C@H]1OC(n2ccc(N)nc2=O)[C@H](O)[C@H]1F. The third-order valence-corrected chi connectivity index (χ3v) is 2.74. The highest BCUT2D eigenvalue weighted by Crippen LogP contribution is 2.30. The molecule has 2 heterocycles. The minimum Gasteiger partial charge on any atom is -0.385 e. The Morgan fingerprint density at radius 3 is 3.06 bits per heavy atom. The standard InChI is InChI=1S/C10H14FN3O4/c1-17-4-5-7(11)8(15)9(18-5)14-3-2-6(12)13-10(14)16/h2-3,5,7-9,15H,4H2,1H3,(H2,12,13,16)/t5-,7+,8-,9?/m1/s1. The fourth-order valence-electron chi connectivity index (χ4n) is 1.86. The summed E-state index contributed by atoms with van der Waals surface area (Å²) in [7, 11) is 1.40. The van der Waals surface area contributed by atoms with Crippen molar-refractivity contribution in [1.82, 2.24) is 9.55 Å². The van der Waals surface area contributed by atoms with Gasteiger partial charge in [-0.1, -0.05) is 0 Å². The molecule has 18 heavy (non-hydrogen) atoms. The number of aliphatic hydroxyl groups excluding tert-OH is 1. The van der Waals surface area contributed by atoms with E-state index in [0.29, 0.717) is 0 Å². The van der Waals surface area contributed by atoms with Crippen molar-refractivity contribution in [3.63, 3.8) is 0 Å². The predicted molar refractivity (Wildman–Crippen MR) is 59.6 cm³/mol. The number of anilines is 1. The number of hydrogen-bond donors (Lipinski definition) is 2. The molecule has 0 aromatic carbocycles. The highest BCUT2D eigenvalue weighted by Gasteiger charge is 2.45. The highest BCUT2D eigenvalue weighted by molar-refractivity contribution is 5.23. The van der Waals surface area contributed by atoms with Gasteiger partial charge < -0.3 is 20.3 Å². The summed E-state index contributed by atoms with van der Waals surface area (Å²) in [6.45, 7) is -0.00806. The number of halogens is 1. The van der Waals surface area contributed by atoms with E-state index in [4.69, 9.17) is 15.2 Å². The van der Waals surface area contributed by atoms with Crippen LogP contribution in [0.2, 0.25) is 0 Å². The van der Waals surface area contributed by atoms with Gasteiger partial charge in [-0.3, -0.25) is 4.57 Å². The van der Waals surface area contributed by atoms with Crippen molar-refractivity contribution >= 4 is 5.82 Å². The summed E-state index contributed by atoms with van der Waals surface area (Å²) in [5, 5.41) is 9.73. The van der Waals surface area contributed by atoms with Crippen molar-refractivity contribution < 1.29 is 19.0 Å². The van der Waals surface area contributed by atoms with E-state index in [1.165, 1.54) is 19.4 Å². The van der Waals surface area contributed by atoms with E-state index in [9.17, 15) is 14.3 Å². The monoisotopic (exact) mass is 259 g/mol. The minimum absolute atomic E-state index is 0.00806. The first-order valence-electron chi connectivity index (χ1n) is 5.36. The molecule has 0 radical (unpaired) electrons. The summed E-state index contributed by atoms with van der Waals surface area (Å²) in [6, 6.07) is 1.37. The molecule has 1 aromatic rings. The van der Waals surface area contributed by atoms with Crippen molar-refractivity contribution in [2.45, 2.75) is 24.6 Å². The van der Waals surface area contributed by atoms with E-state index in [0.717, 1.165) is 4.57 Å². The molecule has 7 nitrogen and oxygen atoms in total. The van der Waals surface area contributed by atoms with Crippen LogP contribution in [-0.2, 0) is 9.47 Å². The number of rotatable bonds is 3. The predicted octanol–water partition coefficient (Wildman–Crippen LogP) is -0.932. The first kappa shape index (κ1) is 12.9. The number of nitrogens with zero attached hydrogens (tertiary/aromatic N) is 2. The van der Waals surface area contributed by atoms with Gasteiger partial charge in [0.05, 0.1) is 6.61 Å². The van der Waals surface area contributed by atoms with Crippen LogP contribution in [0.5, 0.6) is 0 Å². The van der Waals surface area contributed by atoms with Crippen molar-refractivity contribution in [3.05, 3.63) is 22.7 Å². The molecule has 8 heteroatoms. The second-order valence-electron chi connectivity index (χ2n) is 4.00. The van der Waals surface area contributed by atoms with Gasteiger partial charge in [0.1, 0.15) is 18.0 Å². The lowest BCUT2D eigenvalue weighted by atomic mass is 10.1. The fraction of sp³-hybridized carbons (Fsp3) is 0.600. The van der Waals surface area contributed by atoms with Crippen LogP contribution in [0.15, 0.2) is 17.1 Å². The number of aromatic nitrogens is 2. The molecule has 0 bridgehead atoms. The van der Waals surface area contributed by atoms with Crippen molar-refractivity contribution in [2.24, 2.45) is 0 Å². The molecule has 100 valence electrons. The van der Waals surface area contributed by atoms with E-state index in [1.807, 2.05) is 0 Å². The van der Waals surface area contributed by atoms with Crippen LogP contribution in [0.25, 0.3) is 0 Å². The highest BCUT2D eigenvalue weighted by atomic mass is 19.1. The van der Waals surface area contributed by atoms with Gasteiger partial charge in [-0.2, -0.15) is 4.98 Å². The van der Waals surface area contributed by atoms with Crippen LogP contribution >= 0.6 is 0 Å². The Bertz CT molecular complexity index is 480. The van der Waals surface area contributed by atoms with Crippen molar-refractivity contribution in [1.29, 1.82) is 0 Å². The Morgan fingerprint density at radius 2 is 2.44 bits per heavy atom. The van der Waals surface area contributed by atoms with E-state index < -0.39 is 30.3 Å². The summed E-state index contributed by atoms with van der Waals surface area (Å²) in [6.07, 6.45) is -3.81. The molecule has 4 atom stereocenters. The zero-order valence-electron chi connectivity index (χ0n) is 9.69. The summed E-state index contributed by atoms with van der Waals surface area (Å²) in [4.78, 5) is 15.1. The second-order valence-corrected chi connectivity index (χ2v) is 4.00. The molecule has 0 saturated carbocycles. The normalized spacial score (nSPS) is 31.7. The smallest absolute Gasteiger partial charge is 0.351 e. The van der Waals surface area contributed by atoms with E-state index in [1.54, 1.807) is 0 Å². The molecule has 1 fully saturated rings. The van der Waals surface area contributed by atoms with Crippen molar-refractivity contribution in [2.75, 3.05) is 19.5 Å². The first-order chi connectivity index (χ1) is 8.54. The maximum Gasteiger partial charge on any atom is 0.351 e. The lowest BCUT2D eigenvalue weighted by Gasteiger charge is -2.16. The number of ether oxygens (including phenoxy) is 2. The lowest BCUT2D eigenvalue weighted by Crippen LogP contribution is -2.34. The van der Waals surface area contributed by atoms with Gasteiger partial charge in [-0.05, 0) is 6.07 Å². The number of methoxy groups -OCH3 is 1. The quantitative estimate of drug-likeness (QED) is 0.727. The maximum atomic E-state index is 13.7. The van der Waals surface area contributed by atoms with Gasteiger partial charge in [0.15, 0.2) is 12.4 Å². The van der Waals surface area contributed by atoms with Gasteiger partial charge in [0, 0.05) is 13.3 Å². The molecule has 1 saturated heterocycles. The summed E-state index contributed by atoms with van der Waals surface area (Å²) >= 11 is 0. The second kappa shape index (κ2) is 5.01. The van der Waals surface area contributed by atoms with Gasteiger partial charge >= 0.3 is 5.69 Å². The third kappa shape index (κ3) is 2.22. The minimum atomic E-state index is -1.63. The number of alkyl halides is 1. The van der Waals surface area contributed by atoms with Crippen LogP contribution in [-0.4, -0.2) is 46.8 Å². The summed E-state index contributed by atoms with van der Waals surface area (Å²) in [5.41, 5.74) is 4.64. The average molecular weight is 259 g/mol. The fourth-order valence-corrected chi connectivity index (χ4v) is 1.86. The first-order valence-corrected chi connectivity index (χ1v) is 5.36. The van der Waals surface area contributed by atoms with Gasteiger partial charge in [-0.25, -0.2) is 9.18 Å². The molecular formula is C10H14FN3O4. The zero-order chi connectivity index (χ0) is 13.3. The largest absolute Gasteiger partial charge is 0.385 e. The van der Waals surface area contributed by atoms with Crippen LogP contribution in [0.4, 0.5) is 10.2 Å². The summed E-state index contributed by atoms with van der Waals surface area (Å²) in [5.74, 6) is 0.0500. The van der Waals surface area contributed by atoms with Crippen LogP contribution in [0.1, 0.15) is 6.23 Å². The van der Waals surface area contributed by atoms with E-state index >= 15 is 0 Å². The zero-order valence-corrected chi connectivity index (χ0v) is 9.69. The molecule has 1 aromatic heterocycles. The van der Waals surface area contributed by atoms with Crippen LogP contribution < -0.4 is 11.4 Å². The summed E-state index contributed by atoms with van der Waals surface area (Å²) < 4.78 is 24.7. The molecule has 1 unspecified atom stereocenters. The average Bonchev–Trinajstić information content (AvgIpc) is 2.58. The topological polar surface area (TPSA) is 99.6 Å². The Hall–Kier alpha value is -1.51. The maximum absolute atomic E-state index is 13.7. The molecule has 0 amide bonds. The molecule has 0 spiro atoms. The van der Waals surface area contributed by atoms with Gasteiger partial charge in [0.2, 0.25) is 0 Å². The molecule has 1 aliphatic rings. The number of aliphatic hydroxyl groups is 1. The Morgan fingerprint density at radius 1 is 1.72 bits per heavy atom. The Balaban J connectivity index is 2.26. The lowest BCUT2D eigenvalue weighted by molar-refractivity contribution is -0.0593. The van der Waals surface area contributed by atoms with Crippen LogP contribution in [0, 0.1) is 0 Å². The molecular weight excluding hydrogens is 245 g/mol. The van der Waals surface area contributed by atoms with Gasteiger partial charge in [0.25, 0.3) is 0 Å². The molecule has 3 N–H and O–H groups in total. The van der Waals surface area contributed by atoms with E-state index in [2.05, 4.69) is 4.98 Å². The Labute approximate surface area is 102 Å². The number of nitrogens with two attached hydrogens (primary N) is 1. The van der Waals surface area contributed by atoms with Crippen molar-refractivity contribution in [3.8, 4) is 0 Å². The molecule has 0 aliphatic carbocycles. The molecule has 2 rings (SSSR count). The van der Waals surface area contributed by atoms with Crippen LogP contribution in [0.3, 0.4) is 0 Å². The van der Waals surface area contributed by atoms with E-state index in [-0.39, 0.29) is 12.4 Å². The molecule has 1 aliphatic heterocycles.